The largest absolute Gasteiger partial charge is 0.350 e. The summed E-state index contributed by atoms with van der Waals surface area (Å²) in [7, 11) is 0. The van der Waals surface area contributed by atoms with Crippen molar-refractivity contribution in [3.8, 4) is 0 Å². The highest BCUT2D eigenvalue weighted by Gasteiger charge is 2.31. The minimum Gasteiger partial charge on any atom is -0.350 e. The van der Waals surface area contributed by atoms with Gasteiger partial charge in [0.25, 0.3) is 0 Å². The third-order valence-corrected chi connectivity index (χ3v) is 3.49. The zero-order valence-corrected chi connectivity index (χ0v) is 9.97. The molecule has 2 amide bonds. The molecular weight excluding hydrogens is 216 g/mol. The molecule has 3 N–H and O–H groups in total. The molecule has 92 valence electrons. The minimum atomic E-state index is -0.764. The Bertz CT molecular complexity index is 420. The summed E-state index contributed by atoms with van der Waals surface area (Å²) < 4.78 is 0. The minimum absolute atomic E-state index is 0.141. The van der Waals surface area contributed by atoms with Crippen LogP contribution in [0.1, 0.15) is 36.3 Å². The first-order chi connectivity index (χ1) is 8.08. The van der Waals surface area contributed by atoms with Gasteiger partial charge in [0.15, 0.2) is 0 Å². The monoisotopic (exact) mass is 234 g/mol. The van der Waals surface area contributed by atoms with Crippen molar-refractivity contribution in [2.24, 2.45) is 5.73 Å². The van der Waals surface area contributed by atoms with Crippen molar-refractivity contribution in [1.29, 1.82) is 0 Å². The Morgan fingerprint density at radius 3 is 2.88 bits per heavy atom. The maximum Gasteiger partial charge on any atom is 0.338 e. The molecule has 0 spiro atoms. The van der Waals surface area contributed by atoms with Gasteiger partial charge in [0.05, 0.1) is 6.04 Å². The van der Waals surface area contributed by atoms with Gasteiger partial charge in [-0.2, -0.15) is 0 Å². The second kappa shape index (κ2) is 4.75. The molecule has 0 heterocycles. The van der Waals surface area contributed by atoms with E-state index in [0.717, 1.165) is 19.3 Å². The molecule has 2 unspecified atom stereocenters. The maximum absolute atomic E-state index is 10.9. The lowest BCUT2D eigenvalue weighted by atomic mass is 9.96. The van der Waals surface area contributed by atoms with Gasteiger partial charge in [0.1, 0.15) is 0 Å². The van der Waals surface area contributed by atoms with Crippen LogP contribution in [0.5, 0.6) is 0 Å². The average molecular weight is 234 g/mol. The smallest absolute Gasteiger partial charge is 0.338 e. The van der Waals surface area contributed by atoms with Crippen molar-refractivity contribution in [2.75, 3.05) is 0 Å². The third kappa shape index (κ3) is 2.58. The summed E-state index contributed by atoms with van der Waals surface area (Å²) in [5, 5.41) is 10.2. The van der Waals surface area contributed by atoms with Crippen LogP contribution >= 0.6 is 0 Å². The molecule has 4 nitrogen and oxygen atoms in total. The number of primary amides is 1. The van der Waals surface area contributed by atoms with E-state index in [0.29, 0.717) is 11.0 Å². The zero-order chi connectivity index (χ0) is 12.4. The predicted molar refractivity (Wildman–Crippen MR) is 64.8 cm³/mol. The lowest BCUT2D eigenvalue weighted by Gasteiger charge is -2.20. The van der Waals surface area contributed by atoms with E-state index in [4.69, 9.17) is 5.73 Å². The number of rotatable bonds is 2. The Kier molecular flexibility index (Phi) is 3.33. The van der Waals surface area contributed by atoms with Crippen LogP contribution in [-0.2, 0) is 0 Å². The van der Waals surface area contributed by atoms with E-state index in [1.807, 2.05) is 6.07 Å². The number of hydroxylamine groups is 2. The number of aryl methyl sites for hydroxylation is 1. The quantitative estimate of drug-likeness (QED) is 0.609. The molecule has 2 rings (SSSR count). The SMILES string of the molecule is Cc1cccc(C2CCC(N(O)C(N)=O)C2)c1. The van der Waals surface area contributed by atoms with Gasteiger partial charge in [-0.05, 0) is 37.7 Å². The molecule has 0 aromatic heterocycles. The fourth-order valence-electron chi connectivity index (χ4n) is 2.59. The van der Waals surface area contributed by atoms with Crippen molar-refractivity contribution in [1.82, 2.24) is 5.06 Å². The summed E-state index contributed by atoms with van der Waals surface area (Å²) in [4.78, 5) is 10.9. The van der Waals surface area contributed by atoms with E-state index >= 15 is 0 Å². The van der Waals surface area contributed by atoms with Crippen LogP contribution in [0, 0.1) is 6.92 Å². The molecule has 1 saturated carbocycles. The van der Waals surface area contributed by atoms with Crippen LogP contribution in [0.15, 0.2) is 24.3 Å². The van der Waals surface area contributed by atoms with Gasteiger partial charge in [-0.25, -0.2) is 9.86 Å². The van der Waals surface area contributed by atoms with Crippen LogP contribution in [-0.4, -0.2) is 22.3 Å². The lowest BCUT2D eigenvalue weighted by Crippen LogP contribution is -2.39. The van der Waals surface area contributed by atoms with E-state index in [1.165, 1.54) is 11.1 Å². The van der Waals surface area contributed by atoms with Gasteiger partial charge in [0.2, 0.25) is 0 Å². The molecule has 1 aromatic carbocycles. The fraction of sp³-hybridized carbons (Fsp3) is 0.462. The zero-order valence-electron chi connectivity index (χ0n) is 9.97. The highest BCUT2D eigenvalue weighted by molar-refractivity contribution is 5.70. The van der Waals surface area contributed by atoms with Gasteiger partial charge in [0, 0.05) is 0 Å². The molecular formula is C13H18N2O2. The van der Waals surface area contributed by atoms with E-state index in [1.54, 1.807) is 0 Å². The summed E-state index contributed by atoms with van der Waals surface area (Å²) in [6.07, 6.45) is 2.57. The van der Waals surface area contributed by atoms with Crippen LogP contribution in [0.4, 0.5) is 4.79 Å². The van der Waals surface area contributed by atoms with Gasteiger partial charge in [-0.1, -0.05) is 29.8 Å². The number of carbonyl (C=O) groups is 1. The predicted octanol–water partition coefficient (Wildman–Crippen LogP) is 2.40. The second-order valence-electron chi connectivity index (χ2n) is 4.76. The molecule has 17 heavy (non-hydrogen) atoms. The molecule has 1 aliphatic rings. The Balaban J connectivity index is 2.05. The van der Waals surface area contributed by atoms with Gasteiger partial charge < -0.3 is 5.73 Å². The number of hydrogen-bond acceptors (Lipinski definition) is 2. The summed E-state index contributed by atoms with van der Waals surface area (Å²) in [6.45, 7) is 2.07. The number of carbonyl (C=O) groups excluding carboxylic acids is 1. The summed E-state index contributed by atoms with van der Waals surface area (Å²) in [5.41, 5.74) is 7.58. The molecule has 0 bridgehead atoms. The molecule has 0 radical (unpaired) electrons. The van der Waals surface area contributed by atoms with Crippen molar-refractivity contribution in [3.63, 3.8) is 0 Å². The van der Waals surface area contributed by atoms with Gasteiger partial charge in [-0.3, -0.25) is 5.21 Å². The number of nitrogens with zero attached hydrogens (tertiary/aromatic N) is 1. The summed E-state index contributed by atoms with van der Waals surface area (Å²) in [6, 6.07) is 7.48. The Morgan fingerprint density at radius 1 is 1.47 bits per heavy atom. The topological polar surface area (TPSA) is 66.6 Å². The Labute approximate surface area is 101 Å². The number of amides is 2. The van der Waals surface area contributed by atoms with E-state index in [-0.39, 0.29) is 6.04 Å². The number of urea groups is 1. The van der Waals surface area contributed by atoms with Crippen LogP contribution in [0.25, 0.3) is 0 Å². The van der Waals surface area contributed by atoms with Gasteiger partial charge >= 0.3 is 6.03 Å². The van der Waals surface area contributed by atoms with Crippen LogP contribution in [0.2, 0.25) is 0 Å². The molecule has 2 atom stereocenters. The highest BCUT2D eigenvalue weighted by atomic mass is 16.5. The van der Waals surface area contributed by atoms with Crippen molar-refractivity contribution >= 4 is 6.03 Å². The molecule has 4 heteroatoms. The van der Waals surface area contributed by atoms with Crippen LogP contribution < -0.4 is 5.73 Å². The first-order valence-corrected chi connectivity index (χ1v) is 5.92. The maximum atomic E-state index is 10.9. The van der Waals surface area contributed by atoms with Crippen molar-refractivity contribution < 1.29 is 10.0 Å². The Morgan fingerprint density at radius 2 is 2.24 bits per heavy atom. The Hall–Kier alpha value is -1.55. The molecule has 0 saturated heterocycles. The number of nitrogens with two attached hydrogens (primary N) is 1. The van der Waals surface area contributed by atoms with Gasteiger partial charge in [-0.15, -0.1) is 0 Å². The molecule has 1 aromatic rings. The highest BCUT2D eigenvalue weighted by Crippen LogP contribution is 2.36. The molecule has 0 aliphatic heterocycles. The van der Waals surface area contributed by atoms with E-state index < -0.39 is 6.03 Å². The molecule has 1 fully saturated rings. The fourth-order valence-corrected chi connectivity index (χ4v) is 2.59. The van der Waals surface area contributed by atoms with Crippen molar-refractivity contribution in [2.45, 2.75) is 38.1 Å². The first kappa shape index (κ1) is 11.9. The third-order valence-electron chi connectivity index (χ3n) is 3.49. The lowest BCUT2D eigenvalue weighted by molar-refractivity contribution is -0.0730. The van der Waals surface area contributed by atoms with Crippen LogP contribution in [0.3, 0.4) is 0 Å². The first-order valence-electron chi connectivity index (χ1n) is 5.92. The van der Waals surface area contributed by atoms with E-state index in [2.05, 4.69) is 25.1 Å². The number of benzene rings is 1. The molecule has 1 aliphatic carbocycles. The van der Waals surface area contributed by atoms with E-state index in [9.17, 15) is 10.0 Å². The summed E-state index contributed by atoms with van der Waals surface area (Å²) in [5.74, 6) is 0.411. The van der Waals surface area contributed by atoms with Crippen molar-refractivity contribution in [3.05, 3.63) is 35.4 Å². The normalized spacial score (nSPS) is 23.6. The summed E-state index contributed by atoms with van der Waals surface area (Å²) >= 11 is 0. The number of hydrogen-bond donors (Lipinski definition) is 2. The standard InChI is InChI=1S/C13H18N2O2/c1-9-3-2-4-10(7-9)11-5-6-12(8-11)15(17)13(14)16/h2-4,7,11-12,17H,5-6,8H2,1H3,(H2,14,16). The second-order valence-corrected chi connectivity index (χ2v) is 4.76. The average Bonchev–Trinajstić information content (AvgIpc) is 2.77.